The van der Waals surface area contributed by atoms with Crippen LogP contribution in [0.15, 0.2) is 77.7 Å². The third-order valence-corrected chi connectivity index (χ3v) is 8.77. The van der Waals surface area contributed by atoms with Gasteiger partial charge in [0.15, 0.2) is 0 Å². The Morgan fingerprint density at radius 3 is 2.15 bits per heavy atom. The van der Waals surface area contributed by atoms with Gasteiger partial charge in [0, 0.05) is 18.1 Å². The van der Waals surface area contributed by atoms with Crippen LogP contribution in [0.4, 0.5) is 5.69 Å². The molecule has 0 aliphatic heterocycles. The van der Waals surface area contributed by atoms with E-state index in [1.807, 2.05) is 45.0 Å². The Balaban J connectivity index is 2.02. The average molecular weight is 600 g/mol. The quantitative estimate of drug-likeness (QED) is 0.244. The Morgan fingerprint density at radius 2 is 1.59 bits per heavy atom. The summed E-state index contributed by atoms with van der Waals surface area (Å²) in [6, 6.07) is 19.1. The molecule has 10 heteroatoms. The van der Waals surface area contributed by atoms with E-state index >= 15 is 0 Å². The molecule has 1 N–H and O–H groups in total. The summed E-state index contributed by atoms with van der Waals surface area (Å²) in [4.78, 5) is 28.8. The number of unbranched alkanes of at least 4 members (excludes halogenated alkanes) is 1. The van der Waals surface area contributed by atoms with Crippen molar-refractivity contribution in [3.05, 3.63) is 88.9 Å². The summed E-state index contributed by atoms with van der Waals surface area (Å²) in [5.41, 5.74) is 2.17. The fourth-order valence-corrected chi connectivity index (χ4v) is 5.87. The molecule has 220 valence electrons. The van der Waals surface area contributed by atoms with Crippen LogP contribution in [-0.2, 0) is 26.2 Å². The summed E-state index contributed by atoms with van der Waals surface area (Å²) in [7, 11) is -2.69. The van der Waals surface area contributed by atoms with Gasteiger partial charge in [0.1, 0.15) is 18.3 Å². The number of halogens is 1. The van der Waals surface area contributed by atoms with Gasteiger partial charge in [0.05, 0.1) is 17.7 Å². The number of nitrogens with zero attached hydrogens (tertiary/aromatic N) is 2. The van der Waals surface area contributed by atoms with Crippen molar-refractivity contribution in [3.63, 3.8) is 0 Å². The second-order valence-corrected chi connectivity index (χ2v) is 12.0. The Morgan fingerprint density at radius 1 is 0.951 bits per heavy atom. The number of rotatable bonds is 14. The first-order valence-electron chi connectivity index (χ1n) is 13.7. The summed E-state index contributed by atoms with van der Waals surface area (Å²) in [5, 5.41) is 3.36. The first-order chi connectivity index (χ1) is 19.6. The zero-order valence-electron chi connectivity index (χ0n) is 24.0. The SMILES string of the molecule is CCCCNC(=O)[C@@H](CC)N(Cc1ccc(C)cc1)C(=O)CN(c1ccc(Cl)cc1)S(=O)(=O)c1ccc(OC)cc1. The topological polar surface area (TPSA) is 96.0 Å². The molecule has 0 aliphatic rings. The molecule has 3 rings (SSSR count). The average Bonchev–Trinajstić information content (AvgIpc) is 2.97. The Bertz CT molecular complexity index is 1400. The third-order valence-electron chi connectivity index (χ3n) is 6.73. The molecule has 1 atom stereocenters. The number of carbonyl (C=O) groups excluding carboxylic acids is 2. The largest absolute Gasteiger partial charge is 0.497 e. The van der Waals surface area contributed by atoms with Crippen molar-refractivity contribution >= 4 is 39.1 Å². The zero-order valence-corrected chi connectivity index (χ0v) is 25.5. The summed E-state index contributed by atoms with van der Waals surface area (Å²) < 4.78 is 34.1. The van der Waals surface area contributed by atoms with Crippen LogP contribution in [0, 0.1) is 6.92 Å². The van der Waals surface area contributed by atoms with Gasteiger partial charge >= 0.3 is 0 Å². The van der Waals surface area contributed by atoms with Gasteiger partial charge in [-0.25, -0.2) is 8.42 Å². The molecule has 0 saturated heterocycles. The summed E-state index contributed by atoms with van der Waals surface area (Å²) in [6.45, 7) is 5.98. The predicted octanol–water partition coefficient (Wildman–Crippen LogP) is 5.58. The van der Waals surface area contributed by atoms with E-state index in [0.29, 0.717) is 23.7 Å². The van der Waals surface area contributed by atoms with Gasteiger partial charge < -0.3 is 15.0 Å². The molecule has 0 radical (unpaired) electrons. The highest BCUT2D eigenvalue weighted by atomic mass is 35.5. The molecule has 41 heavy (non-hydrogen) atoms. The number of ether oxygens (including phenoxy) is 1. The van der Waals surface area contributed by atoms with Crippen molar-refractivity contribution in [1.82, 2.24) is 10.2 Å². The van der Waals surface area contributed by atoms with Gasteiger partial charge in [-0.1, -0.05) is 61.7 Å². The van der Waals surface area contributed by atoms with Gasteiger partial charge in [0.25, 0.3) is 10.0 Å². The molecule has 0 heterocycles. The summed E-state index contributed by atoms with van der Waals surface area (Å²) in [6.07, 6.45) is 2.10. The van der Waals surface area contributed by atoms with Crippen molar-refractivity contribution < 1.29 is 22.7 Å². The summed E-state index contributed by atoms with van der Waals surface area (Å²) in [5.74, 6) is -0.269. The third kappa shape index (κ3) is 8.47. The predicted molar refractivity (Wildman–Crippen MR) is 163 cm³/mol. The molecular weight excluding hydrogens is 562 g/mol. The van der Waals surface area contributed by atoms with E-state index in [4.69, 9.17) is 16.3 Å². The number of methoxy groups -OCH3 is 1. The number of hydrogen-bond acceptors (Lipinski definition) is 5. The first kappa shape index (κ1) is 32.0. The lowest BCUT2D eigenvalue weighted by atomic mass is 10.1. The van der Waals surface area contributed by atoms with Crippen LogP contribution in [-0.4, -0.2) is 51.4 Å². The number of aryl methyl sites for hydroxylation is 1. The van der Waals surface area contributed by atoms with E-state index in [-0.39, 0.29) is 23.0 Å². The minimum atomic E-state index is -4.18. The zero-order chi connectivity index (χ0) is 30.0. The number of hydrogen-bond donors (Lipinski definition) is 1. The molecule has 0 aromatic heterocycles. The Hall–Kier alpha value is -3.56. The normalized spacial score (nSPS) is 11.9. The van der Waals surface area contributed by atoms with Gasteiger partial charge in [-0.2, -0.15) is 0 Å². The van der Waals surface area contributed by atoms with Crippen LogP contribution in [0.3, 0.4) is 0 Å². The van der Waals surface area contributed by atoms with E-state index in [1.54, 1.807) is 36.4 Å². The van der Waals surface area contributed by atoms with Crippen molar-refractivity contribution in [3.8, 4) is 5.75 Å². The number of anilines is 1. The van der Waals surface area contributed by atoms with Crippen molar-refractivity contribution in [2.45, 2.75) is 57.5 Å². The van der Waals surface area contributed by atoms with E-state index in [2.05, 4.69) is 5.32 Å². The van der Waals surface area contributed by atoms with Crippen molar-refractivity contribution in [2.75, 3.05) is 24.5 Å². The van der Waals surface area contributed by atoms with Gasteiger partial charge in [-0.05, 0) is 73.9 Å². The van der Waals surface area contributed by atoms with Gasteiger partial charge in [-0.3, -0.25) is 13.9 Å². The van der Waals surface area contributed by atoms with Crippen LogP contribution in [0.1, 0.15) is 44.2 Å². The van der Waals surface area contributed by atoms with Crippen molar-refractivity contribution in [2.24, 2.45) is 0 Å². The van der Waals surface area contributed by atoms with Gasteiger partial charge in [-0.15, -0.1) is 0 Å². The van der Waals surface area contributed by atoms with Crippen LogP contribution in [0.2, 0.25) is 5.02 Å². The Labute approximate surface area is 248 Å². The second-order valence-electron chi connectivity index (χ2n) is 9.74. The van der Waals surface area contributed by atoms with Crippen LogP contribution in [0.5, 0.6) is 5.75 Å². The molecule has 2 amide bonds. The lowest BCUT2D eigenvalue weighted by molar-refractivity contribution is -0.140. The van der Waals surface area contributed by atoms with Crippen molar-refractivity contribution in [1.29, 1.82) is 0 Å². The molecule has 0 bridgehead atoms. The van der Waals surface area contributed by atoms with Crippen LogP contribution >= 0.6 is 11.6 Å². The van der Waals surface area contributed by atoms with Crippen LogP contribution < -0.4 is 14.4 Å². The number of sulfonamides is 1. The number of carbonyl (C=O) groups is 2. The number of nitrogens with one attached hydrogen (secondary N) is 1. The molecule has 3 aromatic rings. The molecule has 0 unspecified atom stereocenters. The molecule has 0 spiro atoms. The maximum absolute atomic E-state index is 14.1. The minimum Gasteiger partial charge on any atom is -0.497 e. The lowest BCUT2D eigenvalue weighted by Crippen LogP contribution is -2.52. The highest BCUT2D eigenvalue weighted by molar-refractivity contribution is 7.92. The molecule has 3 aromatic carbocycles. The number of amides is 2. The van der Waals surface area contributed by atoms with E-state index in [1.165, 1.54) is 24.1 Å². The fraction of sp³-hybridized carbons (Fsp3) is 0.355. The van der Waals surface area contributed by atoms with E-state index in [0.717, 1.165) is 28.3 Å². The molecule has 0 saturated carbocycles. The molecular formula is C31H38ClN3O5S. The highest BCUT2D eigenvalue weighted by Gasteiger charge is 2.33. The Kier molecular flexibility index (Phi) is 11.6. The monoisotopic (exact) mass is 599 g/mol. The van der Waals surface area contributed by atoms with E-state index in [9.17, 15) is 18.0 Å². The first-order valence-corrected chi connectivity index (χ1v) is 15.5. The minimum absolute atomic E-state index is 0.00418. The maximum atomic E-state index is 14.1. The standard InChI is InChI=1S/C31H38ClN3O5S/c1-5-7-20-33-31(37)29(6-2)34(21-24-10-8-23(3)9-11-24)30(36)22-35(26-14-12-25(32)13-15-26)41(38,39)28-18-16-27(40-4)17-19-28/h8-19,29H,5-7,20-22H2,1-4H3,(H,33,37)/t29-/m1/s1. The molecule has 8 nitrogen and oxygen atoms in total. The smallest absolute Gasteiger partial charge is 0.264 e. The van der Waals surface area contributed by atoms with Gasteiger partial charge in [0.2, 0.25) is 11.8 Å². The molecule has 0 aliphatic carbocycles. The summed E-state index contributed by atoms with van der Waals surface area (Å²) >= 11 is 6.08. The van der Waals surface area contributed by atoms with E-state index < -0.39 is 28.5 Å². The second kappa shape index (κ2) is 14.9. The fourth-order valence-electron chi connectivity index (χ4n) is 4.33. The highest BCUT2D eigenvalue weighted by Crippen LogP contribution is 2.27. The molecule has 0 fully saturated rings. The maximum Gasteiger partial charge on any atom is 0.264 e. The number of benzene rings is 3. The van der Waals surface area contributed by atoms with Crippen LogP contribution in [0.25, 0.3) is 0 Å². The lowest BCUT2D eigenvalue weighted by Gasteiger charge is -2.33.